The van der Waals surface area contributed by atoms with Gasteiger partial charge < -0.3 is 14.4 Å². The van der Waals surface area contributed by atoms with Crippen LogP contribution in [0, 0.1) is 13.8 Å². The summed E-state index contributed by atoms with van der Waals surface area (Å²) in [6.07, 6.45) is 0.0862. The Morgan fingerprint density at radius 1 is 0.931 bits per heavy atom. The van der Waals surface area contributed by atoms with Crippen LogP contribution in [0.4, 0.5) is 0 Å². The molecule has 4 aromatic rings. The number of hydrogen-bond acceptors (Lipinski definition) is 3. The molecule has 0 amide bonds. The number of imidazole rings is 1. The molecule has 0 aliphatic carbocycles. The first-order valence-corrected chi connectivity index (χ1v) is 9.96. The van der Waals surface area contributed by atoms with Gasteiger partial charge in [-0.15, -0.1) is 0 Å². The summed E-state index contributed by atoms with van der Waals surface area (Å²) >= 11 is 0. The molecular formula is C25H26N2O2. The maximum absolute atomic E-state index is 10.7. The van der Waals surface area contributed by atoms with Gasteiger partial charge in [0.25, 0.3) is 0 Å². The molecular weight excluding hydrogens is 360 g/mol. The van der Waals surface area contributed by atoms with Crippen LogP contribution in [0.5, 0.6) is 5.75 Å². The number of aromatic nitrogens is 2. The van der Waals surface area contributed by atoms with Crippen LogP contribution in [0.25, 0.3) is 11.0 Å². The maximum Gasteiger partial charge on any atom is 0.119 e. The van der Waals surface area contributed by atoms with Crippen molar-refractivity contribution >= 4 is 11.0 Å². The second-order valence-corrected chi connectivity index (χ2v) is 7.58. The zero-order valence-electron chi connectivity index (χ0n) is 16.9. The van der Waals surface area contributed by atoms with Gasteiger partial charge >= 0.3 is 0 Å². The second-order valence-electron chi connectivity index (χ2n) is 7.58. The van der Waals surface area contributed by atoms with Crippen molar-refractivity contribution in [2.45, 2.75) is 32.9 Å². The van der Waals surface area contributed by atoms with E-state index in [2.05, 4.69) is 22.8 Å². The maximum atomic E-state index is 10.7. The number of rotatable bonds is 7. The summed E-state index contributed by atoms with van der Waals surface area (Å²) in [4.78, 5) is 4.81. The fourth-order valence-electron chi connectivity index (χ4n) is 3.71. The van der Waals surface area contributed by atoms with Gasteiger partial charge in [-0.3, -0.25) is 0 Å². The van der Waals surface area contributed by atoms with Gasteiger partial charge in [0, 0.05) is 6.42 Å². The van der Waals surface area contributed by atoms with Crippen molar-refractivity contribution in [1.29, 1.82) is 0 Å². The minimum Gasteiger partial charge on any atom is -0.491 e. The molecule has 1 atom stereocenters. The highest BCUT2D eigenvalue weighted by molar-refractivity contribution is 5.76. The van der Waals surface area contributed by atoms with Crippen LogP contribution in [0.15, 0.2) is 72.8 Å². The predicted octanol–water partition coefficient (Wildman–Crippen LogP) is 4.68. The molecule has 4 nitrogen and oxygen atoms in total. The number of nitrogens with zero attached hydrogens (tertiary/aromatic N) is 2. The lowest BCUT2D eigenvalue weighted by Gasteiger charge is -2.16. The van der Waals surface area contributed by atoms with E-state index < -0.39 is 6.10 Å². The van der Waals surface area contributed by atoms with Gasteiger partial charge in [0.15, 0.2) is 0 Å². The number of hydrogen-bond donors (Lipinski definition) is 1. The van der Waals surface area contributed by atoms with E-state index in [1.807, 2.05) is 68.4 Å². The van der Waals surface area contributed by atoms with Crippen molar-refractivity contribution in [1.82, 2.24) is 9.55 Å². The molecule has 0 saturated carbocycles. The molecule has 29 heavy (non-hydrogen) atoms. The fraction of sp³-hybridized carbons (Fsp3) is 0.240. The van der Waals surface area contributed by atoms with Crippen molar-refractivity contribution in [3.05, 3.63) is 95.3 Å². The Kier molecular flexibility index (Phi) is 5.63. The summed E-state index contributed by atoms with van der Waals surface area (Å²) in [5.74, 6) is 1.74. The topological polar surface area (TPSA) is 47.3 Å². The molecule has 0 saturated heterocycles. The normalized spacial score (nSPS) is 12.2. The van der Waals surface area contributed by atoms with Gasteiger partial charge in [-0.2, -0.15) is 0 Å². The van der Waals surface area contributed by atoms with Gasteiger partial charge in [-0.1, -0.05) is 48.5 Å². The Balaban J connectivity index is 1.53. The summed E-state index contributed by atoms with van der Waals surface area (Å²) in [5, 5.41) is 10.7. The summed E-state index contributed by atoms with van der Waals surface area (Å²) in [5.41, 5.74) is 5.48. The van der Waals surface area contributed by atoms with Gasteiger partial charge in [0.05, 0.1) is 17.6 Å². The Bertz CT molecular complexity index is 1080. The van der Waals surface area contributed by atoms with Crippen LogP contribution in [0.3, 0.4) is 0 Å². The quantitative estimate of drug-likeness (QED) is 0.501. The molecule has 148 valence electrons. The van der Waals surface area contributed by atoms with Crippen LogP contribution in [0.1, 0.15) is 22.5 Å². The molecule has 1 heterocycles. The first-order valence-electron chi connectivity index (χ1n) is 9.96. The average Bonchev–Trinajstić information content (AvgIpc) is 3.03. The highest BCUT2D eigenvalue weighted by atomic mass is 16.5. The van der Waals surface area contributed by atoms with E-state index in [1.54, 1.807) is 0 Å². The molecule has 0 aliphatic heterocycles. The molecule has 0 spiro atoms. The zero-order chi connectivity index (χ0) is 20.2. The summed E-state index contributed by atoms with van der Waals surface area (Å²) < 4.78 is 7.97. The molecule has 0 bridgehead atoms. The van der Waals surface area contributed by atoms with Crippen molar-refractivity contribution in [3.63, 3.8) is 0 Å². The Morgan fingerprint density at radius 2 is 1.62 bits per heavy atom. The Hall–Kier alpha value is -3.11. The van der Waals surface area contributed by atoms with E-state index in [1.165, 1.54) is 5.56 Å². The van der Waals surface area contributed by atoms with Crippen molar-refractivity contribution < 1.29 is 9.84 Å². The van der Waals surface area contributed by atoms with Crippen molar-refractivity contribution in [3.8, 4) is 5.75 Å². The number of aliphatic hydroxyl groups excluding tert-OH is 1. The number of fused-ring (bicyclic) bond motifs is 1. The van der Waals surface area contributed by atoms with Gasteiger partial charge in [-0.25, -0.2) is 4.98 Å². The number of para-hydroxylation sites is 2. The van der Waals surface area contributed by atoms with Crippen LogP contribution in [0.2, 0.25) is 0 Å². The molecule has 1 unspecified atom stereocenters. The van der Waals surface area contributed by atoms with Crippen molar-refractivity contribution in [2.75, 3.05) is 6.61 Å². The van der Waals surface area contributed by atoms with Crippen LogP contribution in [-0.2, 0) is 13.0 Å². The molecule has 0 fully saturated rings. The SMILES string of the molecule is Cc1cc(C)cc(OCC(O)Cn2c(Cc3ccccc3)nc3ccccc32)c1. The summed E-state index contributed by atoms with van der Waals surface area (Å²) in [6.45, 7) is 4.77. The smallest absolute Gasteiger partial charge is 0.119 e. The fourth-order valence-corrected chi connectivity index (χ4v) is 3.71. The van der Waals surface area contributed by atoms with Gasteiger partial charge in [-0.05, 0) is 54.8 Å². The third-order valence-corrected chi connectivity index (χ3v) is 4.97. The third-order valence-electron chi connectivity index (χ3n) is 4.97. The molecule has 1 aromatic heterocycles. The number of benzene rings is 3. The molecule has 3 aromatic carbocycles. The lowest BCUT2D eigenvalue weighted by Crippen LogP contribution is -2.24. The minimum atomic E-state index is -0.636. The number of aliphatic hydroxyl groups is 1. The highest BCUT2D eigenvalue weighted by Crippen LogP contribution is 2.20. The van der Waals surface area contributed by atoms with E-state index in [4.69, 9.17) is 9.72 Å². The van der Waals surface area contributed by atoms with Gasteiger partial charge in [0.1, 0.15) is 24.3 Å². The standard InChI is InChI=1S/C25H26N2O2/c1-18-12-19(2)14-22(13-18)29-17-21(28)16-27-24-11-7-6-10-23(24)26-25(27)15-20-8-4-3-5-9-20/h3-14,21,28H,15-17H2,1-2H3. The second kappa shape index (κ2) is 8.50. The van der Waals surface area contributed by atoms with Crippen LogP contribution < -0.4 is 4.74 Å². The first kappa shape index (κ1) is 19.2. The molecule has 0 radical (unpaired) electrons. The largest absolute Gasteiger partial charge is 0.491 e. The minimum absolute atomic E-state index is 0.236. The number of aryl methyl sites for hydroxylation is 2. The zero-order valence-corrected chi connectivity index (χ0v) is 16.9. The lowest BCUT2D eigenvalue weighted by atomic mass is 10.1. The predicted molar refractivity (Wildman–Crippen MR) is 116 cm³/mol. The highest BCUT2D eigenvalue weighted by Gasteiger charge is 2.15. The third kappa shape index (κ3) is 4.66. The first-order chi connectivity index (χ1) is 14.1. The van der Waals surface area contributed by atoms with E-state index in [0.717, 1.165) is 40.2 Å². The number of ether oxygens (including phenoxy) is 1. The molecule has 0 aliphatic rings. The summed E-state index contributed by atoms with van der Waals surface area (Å²) in [7, 11) is 0. The lowest BCUT2D eigenvalue weighted by molar-refractivity contribution is 0.0927. The van der Waals surface area contributed by atoms with Crippen LogP contribution in [-0.4, -0.2) is 27.4 Å². The van der Waals surface area contributed by atoms with E-state index in [0.29, 0.717) is 6.54 Å². The van der Waals surface area contributed by atoms with E-state index in [9.17, 15) is 5.11 Å². The molecule has 4 heteroatoms. The summed E-state index contributed by atoms with van der Waals surface area (Å²) in [6, 6.07) is 24.4. The van der Waals surface area contributed by atoms with Crippen LogP contribution >= 0.6 is 0 Å². The average molecular weight is 386 g/mol. The molecule has 1 N–H and O–H groups in total. The van der Waals surface area contributed by atoms with E-state index >= 15 is 0 Å². The van der Waals surface area contributed by atoms with Gasteiger partial charge in [0.2, 0.25) is 0 Å². The van der Waals surface area contributed by atoms with Crippen molar-refractivity contribution in [2.24, 2.45) is 0 Å². The Labute approximate surface area is 171 Å². The monoisotopic (exact) mass is 386 g/mol. The molecule has 4 rings (SSSR count). The van der Waals surface area contributed by atoms with E-state index in [-0.39, 0.29) is 6.61 Å². The Morgan fingerprint density at radius 3 is 2.38 bits per heavy atom.